The largest absolute Gasteiger partial charge is 0.325 e. The van der Waals surface area contributed by atoms with Gasteiger partial charge in [-0.05, 0) is 23.6 Å². The summed E-state index contributed by atoms with van der Waals surface area (Å²) in [6, 6.07) is 12.5. The normalized spacial score (nSPS) is 11.4. The second kappa shape index (κ2) is 5.06. The summed E-state index contributed by atoms with van der Waals surface area (Å²) in [7, 11) is 0. The molecule has 2 N–H and O–H groups in total. The maximum absolute atomic E-state index is 5.60. The molecule has 1 aromatic carbocycles. The average Bonchev–Trinajstić information content (AvgIpc) is 2.89. The van der Waals surface area contributed by atoms with E-state index in [4.69, 9.17) is 5.73 Å². The van der Waals surface area contributed by atoms with Gasteiger partial charge < -0.3 is 5.73 Å². The fourth-order valence-electron chi connectivity index (χ4n) is 2.22. The third-order valence-corrected chi connectivity index (χ3v) is 3.45. The van der Waals surface area contributed by atoms with Gasteiger partial charge in [-0.2, -0.15) is 5.10 Å². The Bertz CT molecular complexity index is 726. The van der Waals surface area contributed by atoms with Gasteiger partial charge in [-0.3, -0.25) is 0 Å². The van der Waals surface area contributed by atoms with Crippen LogP contribution >= 0.6 is 0 Å². The van der Waals surface area contributed by atoms with Crippen LogP contribution in [0.4, 0.5) is 0 Å². The predicted octanol–water partition coefficient (Wildman–Crippen LogP) is 2.98. The molecular weight excluding hydrogens is 248 g/mol. The smallest absolute Gasteiger partial charge is 0.153 e. The van der Waals surface area contributed by atoms with Crippen molar-refractivity contribution in [3.63, 3.8) is 0 Å². The monoisotopic (exact) mass is 266 g/mol. The zero-order valence-corrected chi connectivity index (χ0v) is 11.7. The van der Waals surface area contributed by atoms with Crippen molar-refractivity contribution >= 4 is 5.65 Å². The summed E-state index contributed by atoms with van der Waals surface area (Å²) >= 11 is 0. The van der Waals surface area contributed by atoms with Gasteiger partial charge in [0.05, 0.1) is 17.6 Å². The van der Waals surface area contributed by atoms with Gasteiger partial charge in [-0.15, -0.1) is 0 Å². The SMILES string of the molecule is CC(C)c1ccc(-c2ccc3nc(CN)cn3n2)cc1. The highest BCUT2D eigenvalue weighted by Gasteiger charge is 2.05. The summed E-state index contributed by atoms with van der Waals surface area (Å²) in [5, 5.41) is 4.59. The van der Waals surface area contributed by atoms with E-state index in [9.17, 15) is 0 Å². The van der Waals surface area contributed by atoms with E-state index in [1.807, 2.05) is 18.3 Å². The first-order valence-electron chi connectivity index (χ1n) is 6.83. The van der Waals surface area contributed by atoms with Crippen LogP contribution in [0, 0.1) is 0 Å². The molecule has 0 spiro atoms. The Morgan fingerprint density at radius 1 is 1.10 bits per heavy atom. The van der Waals surface area contributed by atoms with Crippen molar-refractivity contribution in [2.75, 3.05) is 0 Å². The molecule has 3 rings (SSSR count). The fraction of sp³-hybridized carbons (Fsp3) is 0.250. The number of nitrogens with zero attached hydrogens (tertiary/aromatic N) is 3. The number of aromatic nitrogens is 3. The minimum absolute atomic E-state index is 0.432. The lowest BCUT2D eigenvalue weighted by molar-refractivity contribution is 0.866. The van der Waals surface area contributed by atoms with Crippen LogP contribution in [0.3, 0.4) is 0 Å². The minimum Gasteiger partial charge on any atom is -0.325 e. The summed E-state index contributed by atoms with van der Waals surface area (Å²) in [5.41, 5.74) is 10.7. The van der Waals surface area contributed by atoms with Gasteiger partial charge in [0.1, 0.15) is 0 Å². The Balaban J connectivity index is 2.00. The van der Waals surface area contributed by atoms with E-state index in [2.05, 4.69) is 48.2 Å². The molecular formula is C16H18N4. The van der Waals surface area contributed by atoms with Crippen LogP contribution < -0.4 is 5.73 Å². The Kier molecular flexibility index (Phi) is 3.24. The molecule has 0 fully saturated rings. The summed E-state index contributed by atoms with van der Waals surface area (Å²) in [4.78, 5) is 4.38. The molecule has 0 amide bonds. The van der Waals surface area contributed by atoms with Crippen LogP contribution in [0.25, 0.3) is 16.9 Å². The number of rotatable bonds is 3. The van der Waals surface area contributed by atoms with E-state index in [1.165, 1.54) is 5.56 Å². The maximum Gasteiger partial charge on any atom is 0.153 e. The molecule has 2 heterocycles. The zero-order valence-electron chi connectivity index (χ0n) is 11.7. The number of hydrogen-bond donors (Lipinski definition) is 1. The molecule has 4 nitrogen and oxygen atoms in total. The molecule has 0 saturated heterocycles. The van der Waals surface area contributed by atoms with Gasteiger partial charge in [0.2, 0.25) is 0 Å². The highest BCUT2D eigenvalue weighted by Crippen LogP contribution is 2.21. The Hall–Kier alpha value is -2.20. The van der Waals surface area contributed by atoms with Crippen molar-refractivity contribution in [2.45, 2.75) is 26.3 Å². The predicted molar refractivity (Wildman–Crippen MR) is 80.4 cm³/mol. The van der Waals surface area contributed by atoms with Crippen LogP contribution in [0.1, 0.15) is 31.0 Å². The minimum atomic E-state index is 0.432. The third-order valence-electron chi connectivity index (χ3n) is 3.45. The van der Waals surface area contributed by atoms with Crippen molar-refractivity contribution in [3.05, 3.63) is 53.9 Å². The number of benzene rings is 1. The highest BCUT2D eigenvalue weighted by molar-refractivity contribution is 5.60. The van der Waals surface area contributed by atoms with E-state index in [0.717, 1.165) is 22.6 Å². The Labute approximate surface area is 118 Å². The fourth-order valence-corrected chi connectivity index (χ4v) is 2.22. The van der Waals surface area contributed by atoms with Gasteiger partial charge in [0.25, 0.3) is 0 Å². The van der Waals surface area contributed by atoms with E-state index >= 15 is 0 Å². The number of fused-ring (bicyclic) bond motifs is 1. The summed E-state index contributed by atoms with van der Waals surface area (Å²) in [6.45, 7) is 4.82. The van der Waals surface area contributed by atoms with E-state index in [1.54, 1.807) is 4.52 Å². The first kappa shape index (κ1) is 12.8. The van der Waals surface area contributed by atoms with Crippen molar-refractivity contribution in [3.8, 4) is 11.3 Å². The lowest BCUT2D eigenvalue weighted by atomic mass is 10.0. The van der Waals surface area contributed by atoms with Crippen LogP contribution in [0.2, 0.25) is 0 Å². The van der Waals surface area contributed by atoms with Crippen molar-refractivity contribution in [2.24, 2.45) is 5.73 Å². The van der Waals surface area contributed by atoms with Gasteiger partial charge in [-0.25, -0.2) is 9.50 Å². The molecule has 0 saturated carbocycles. The van der Waals surface area contributed by atoms with Crippen molar-refractivity contribution < 1.29 is 0 Å². The molecule has 0 unspecified atom stereocenters. The number of imidazole rings is 1. The van der Waals surface area contributed by atoms with Gasteiger partial charge in [0.15, 0.2) is 5.65 Å². The van der Waals surface area contributed by atoms with Gasteiger partial charge in [0, 0.05) is 12.1 Å². The topological polar surface area (TPSA) is 56.2 Å². The second-order valence-electron chi connectivity index (χ2n) is 5.23. The molecule has 0 radical (unpaired) electrons. The summed E-state index contributed by atoms with van der Waals surface area (Å²) in [5.74, 6) is 0.542. The maximum atomic E-state index is 5.60. The van der Waals surface area contributed by atoms with Gasteiger partial charge in [-0.1, -0.05) is 38.1 Å². The molecule has 102 valence electrons. The first-order valence-corrected chi connectivity index (χ1v) is 6.83. The van der Waals surface area contributed by atoms with Crippen LogP contribution in [0.5, 0.6) is 0 Å². The van der Waals surface area contributed by atoms with Crippen LogP contribution in [-0.2, 0) is 6.54 Å². The Morgan fingerprint density at radius 2 is 1.85 bits per heavy atom. The first-order chi connectivity index (χ1) is 9.67. The second-order valence-corrected chi connectivity index (χ2v) is 5.23. The van der Waals surface area contributed by atoms with E-state index in [0.29, 0.717) is 12.5 Å². The highest BCUT2D eigenvalue weighted by atomic mass is 15.2. The standard InChI is InChI=1S/C16H18N4/c1-11(2)12-3-5-13(6-4-12)15-7-8-16-18-14(9-17)10-20(16)19-15/h3-8,10-11H,9,17H2,1-2H3. The summed E-state index contributed by atoms with van der Waals surface area (Å²) in [6.07, 6.45) is 1.88. The lowest BCUT2D eigenvalue weighted by Crippen LogP contribution is -1.95. The molecule has 0 bridgehead atoms. The lowest BCUT2D eigenvalue weighted by Gasteiger charge is -2.06. The van der Waals surface area contributed by atoms with Crippen LogP contribution in [-0.4, -0.2) is 14.6 Å². The number of hydrogen-bond acceptors (Lipinski definition) is 3. The molecule has 3 aromatic rings. The molecule has 0 aliphatic rings. The third kappa shape index (κ3) is 2.30. The molecule has 4 heteroatoms. The zero-order chi connectivity index (χ0) is 14.1. The van der Waals surface area contributed by atoms with Crippen molar-refractivity contribution in [1.29, 1.82) is 0 Å². The van der Waals surface area contributed by atoms with E-state index < -0.39 is 0 Å². The average molecular weight is 266 g/mol. The molecule has 2 aromatic heterocycles. The quantitative estimate of drug-likeness (QED) is 0.793. The van der Waals surface area contributed by atoms with E-state index in [-0.39, 0.29) is 0 Å². The Morgan fingerprint density at radius 3 is 2.50 bits per heavy atom. The summed E-state index contributed by atoms with van der Waals surface area (Å²) < 4.78 is 1.79. The van der Waals surface area contributed by atoms with Crippen LogP contribution in [0.15, 0.2) is 42.6 Å². The molecule has 20 heavy (non-hydrogen) atoms. The number of nitrogens with two attached hydrogens (primary N) is 1. The molecule has 0 aliphatic heterocycles. The molecule has 0 aliphatic carbocycles. The van der Waals surface area contributed by atoms with Crippen molar-refractivity contribution in [1.82, 2.24) is 14.6 Å². The van der Waals surface area contributed by atoms with Gasteiger partial charge >= 0.3 is 0 Å². The molecule has 0 atom stereocenters.